The molecule has 0 bridgehead atoms. The van der Waals surface area contributed by atoms with Gasteiger partial charge in [-0.25, -0.2) is 17.1 Å². The van der Waals surface area contributed by atoms with Crippen LogP contribution >= 0.6 is 0 Å². The van der Waals surface area contributed by atoms with Gasteiger partial charge < -0.3 is 0 Å². The molecule has 1 rings (SSSR count). The van der Waals surface area contributed by atoms with Crippen LogP contribution in [-0.4, -0.2) is 37.7 Å². The number of nitrogens with zero attached hydrogens (tertiary/aromatic N) is 1. The molecule has 0 saturated carbocycles. The molecule has 1 saturated heterocycles. The van der Waals surface area contributed by atoms with Crippen LogP contribution in [0, 0.1) is 0 Å². The summed E-state index contributed by atoms with van der Waals surface area (Å²) in [5.74, 6) is 0.230. The summed E-state index contributed by atoms with van der Waals surface area (Å²) in [7, 11) is -3.02. The first-order valence-corrected chi connectivity index (χ1v) is 5.75. The highest BCUT2D eigenvalue weighted by Gasteiger charge is 2.27. The fraction of sp³-hybridized carbons (Fsp3) is 1.00. The monoisotopic (exact) mass is 195 g/mol. The number of hydrogen-bond donors (Lipinski definition) is 0. The highest BCUT2D eigenvalue weighted by Crippen LogP contribution is 2.14. The molecule has 1 heterocycles. The molecule has 0 aliphatic carbocycles. The Labute approximate surface area is 72.6 Å². The number of hydrogen-bond acceptors (Lipinski definition) is 2. The largest absolute Gasteiger partial charge is 0.248 e. The topological polar surface area (TPSA) is 37.4 Å². The van der Waals surface area contributed by atoms with Gasteiger partial charge in [-0.1, -0.05) is 0 Å². The second-order valence-corrected chi connectivity index (χ2v) is 5.23. The van der Waals surface area contributed by atoms with Crippen LogP contribution in [0.2, 0.25) is 0 Å². The van der Waals surface area contributed by atoms with Crippen molar-refractivity contribution in [2.24, 2.45) is 0 Å². The summed E-state index contributed by atoms with van der Waals surface area (Å²) in [5, 5.41) is 0. The molecule has 1 unspecified atom stereocenters. The van der Waals surface area contributed by atoms with Crippen LogP contribution in [0.1, 0.15) is 19.8 Å². The standard InChI is InChI=1S/C7H14FNO2S/c1-7(8)3-5-9-4-2-6-12(9,10)11/h7H,2-6H2,1H3. The van der Waals surface area contributed by atoms with E-state index in [-0.39, 0.29) is 5.75 Å². The zero-order chi connectivity index (χ0) is 9.19. The zero-order valence-electron chi connectivity index (χ0n) is 7.16. The first-order valence-electron chi connectivity index (χ1n) is 4.14. The van der Waals surface area contributed by atoms with Crippen LogP contribution in [0.3, 0.4) is 0 Å². The molecule has 1 fully saturated rings. The van der Waals surface area contributed by atoms with Crippen molar-refractivity contribution in [3.05, 3.63) is 0 Å². The van der Waals surface area contributed by atoms with Crippen LogP contribution in [-0.2, 0) is 10.0 Å². The summed E-state index contributed by atoms with van der Waals surface area (Å²) >= 11 is 0. The van der Waals surface area contributed by atoms with E-state index in [1.54, 1.807) is 0 Å². The Balaban J connectivity index is 2.43. The lowest BCUT2D eigenvalue weighted by molar-refractivity contribution is 0.308. The number of halogens is 1. The molecular weight excluding hydrogens is 181 g/mol. The predicted octanol–water partition coefficient (Wildman–Crippen LogP) is 0.770. The van der Waals surface area contributed by atoms with Crippen LogP contribution < -0.4 is 0 Å². The summed E-state index contributed by atoms with van der Waals surface area (Å²) in [6.45, 7) is 2.34. The third-order valence-electron chi connectivity index (χ3n) is 1.98. The van der Waals surface area contributed by atoms with Crippen molar-refractivity contribution in [3.63, 3.8) is 0 Å². The smallest absolute Gasteiger partial charge is 0.214 e. The Hall–Kier alpha value is -0.160. The van der Waals surface area contributed by atoms with E-state index in [0.717, 1.165) is 0 Å². The van der Waals surface area contributed by atoms with Gasteiger partial charge in [0.1, 0.15) is 0 Å². The Bertz CT molecular complexity index is 238. The van der Waals surface area contributed by atoms with Crippen molar-refractivity contribution in [3.8, 4) is 0 Å². The fourth-order valence-electron chi connectivity index (χ4n) is 1.26. The molecule has 1 aliphatic rings. The van der Waals surface area contributed by atoms with E-state index in [1.807, 2.05) is 0 Å². The van der Waals surface area contributed by atoms with Gasteiger partial charge in [0.2, 0.25) is 10.0 Å². The van der Waals surface area contributed by atoms with E-state index in [9.17, 15) is 12.8 Å². The molecule has 0 amide bonds. The van der Waals surface area contributed by atoms with E-state index in [1.165, 1.54) is 11.2 Å². The first-order chi connectivity index (χ1) is 5.52. The van der Waals surface area contributed by atoms with Crippen LogP contribution in [0.15, 0.2) is 0 Å². The lowest BCUT2D eigenvalue weighted by Crippen LogP contribution is -2.27. The third kappa shape index (κ3) is 2.42. The maximum atomic E-state index is 12.4. The van der Waals surface area contributed by atoms with Crippen molar-refractivity contribution >= 4 is 10.0 Å². The van der Waals surface area contributed by atoms with Gasteiger partial charge in [0.15, 0.2) is 0 Å². The van der Waals surface area contributed by atoms with Crippen LogP contribution in [0.5, 0.6) is 0 Å². The molecular formula is C7H14FNO2S. The quantitative estimate of drug-likeness (QED) is 0.667. The van der Waals surface area contributed by atoms with E-state index in [4.69, 9.17) is 0 Å². The normalized spacial score (nSPS) is 25.8. The molecule has 5 heteroatoms. The molecule has 72 valence electrons. The summed E-state index contributed by atoms with van der Waals surface area (Å²) in [5.41, 5.74) is 0. The van der Waals surface area contributed by atoms with Gasteiger partial charge in [-0.15, -0.1) is 0 Å². The van der Waals surface area contributed by atoms with Gasteiger partial charge in [-0.3, -0.25) is 0 Å². The third-order valence-corrected chi connectivity index (χ3v) is 3.94. The van der Waals surface area contributed by atoms with Gasteiger partial charge >= 0.3 is 0 Å². The van der Waals surface area contributed by atoms with Crippen LogP contribution in [0.25, 0.3) is 0 Å². The number of alkyl halides is 1. The Kier molecular flexibility index (Phi) is 3.06. The summed E-state index contributed by atoms with van der Waals surface area (Å²) < 4.78 is 36.1. The highest BCUT2D eigenvalue weighted by molar-refractivity contribution is 7.89. The van der Waals surface area contributed by atoms with E-state index < -0.39 is 16.2 Å². The predicted molar refractivity (Wildman–Crippen MR) is 45.2 cm³/mol. The van der Waals surface area contributed by atoms with Crippen molar-refractivity contribution in [2.75, 3.05) is 18.8 Å². The average molecular weight is 195 g/mol. The van der Waals surface area contributed by atoms with Crippen molar-refractivity contribution in [1.82, 2.24) is 4.31 Å². The lowest BCUT2D eigenvalue weighted by atomic mass is 10.3. The molecule has 12 heavy (non-hydrogen) atoms. The SMILES string of the molecule is CC(F)CCN1CCCS1(=O)=O. The molecule has 1 aliphatic heterocycles. The lowest BCUT2D eigenvalue weighted by Gasteiger charge is -2.13. The van der Waals surface area contributed by atoms with Gasteiger partial charge in [-0.2, -0.15) is 0 Å². The van der Waals surface area contributed by atoms with Crippen molar-refractivity contribution in [1.29, 1.82) is 0 Å². The first kappa shape index (κ1) is 9.92. The zero-order valence-corrected chi connectivity index (χ0v) is 7.98. The van der Waals surface area contributed by atoms with Crippen LogP contribution in [0.4, 0.5) is 4.39 Å². The molecule has 1 atom stereocenters. The Morgan fingerprint density at radius 1 is 1.58 bits per heavy atom. The second kappa shape index (κ2) is 3.70. The van der Waals surface area contributed by atoms with Gasteiger partial charge in [0.05, 0.1) is 11.9 Å². The summed E-state index contributed by atoms with van der Waals surface area (Å²) in [6, 6.07) is 0. The van der Waals surface area contributed by atoms with E-state index >= 15 is 0 Å². The maximum Gasteiger partial charge on any atom is 0.214 e. The van der Waals surface area contributed by atoms with Gasteiger partial charge in [0.25, 0.3) is 0 Å². The molecule has 0 N–H and O–H groups in total. The summed E-state index contributed by atoms with van der Waals surface area (Å²) in [6.07, 6.45) is 0.0724. The van der Waals surface area contributed by atoms with Gasteiger partial charge in [-0.05, 0) is 19.8 Å². The minimum Gasteiger partial charge on any atom is -0.248 e. The van der Waals surface area contributed by atoms with Gasteiger partial charge in [0, 0.05) is 13.1 Å². The average Bonchev–Trinajstić information content (AvgIpc) is 2.25. The number of sulfonamides is 1. The fourth-order valence-corrected chi connectivity index (χ4v) is 2.81. The molecule has 0 aromatic carbocycles. The second-order valence-electron chi connectivity index (χ2n) is 3.14. The minimum atomic E-state index is -3.02. The van der Waals surface area contributed by atoms with Crippen molar-refractivity contribution < 1.29 is 12.8 Å². The molecule has 0 aromatic rings. The van der Waals surface area contributed by atoms with E-state index in [2.05, 4.69) is 0 Å². The Morgan fingerprint density at radius 3 is 2.67 bits per heavy atom. The summed E-state index contributed by atoms with van der Waals surface area (Å²) in [4.78, 5) is 0. The van der Waals surface area contributed by atoms with E-state index in [0.29, 0.717) is 25.9 Å². The molecule has 0 spiro atoms. The molecule has 3 nitrogen and oxygen atoms in total. The molecule has 0 radical (unpaired) electrons. The van der Waals surface area contributed by atoms with Crippen molar-refractivity contribution in [2.45, 2.75) is 25.9 Å². The molecule has 0 aromatic heterocycles. The highest BCUT2D eigenvalue weighted by atomic mass is 32.2. The maximum absolute atomic E-state index is 12.4. The Morgan fingerprint density at radius 2 is 2.25 bits per heavy atom. The number of rotatable bonds is 3. The minimum absolute atomic E-state index is 0.230.